The zero-order valence-corrected chi connectivity index (χ0v) is 17.6. The molecular formula is C21H21N3O3S2. The first-order valence-corrected chi connectivity index (χ1v) is 11.1. The van der Waals surface area contributed by atoms with Crippen molar-refractivity contribution in [1.82, 2.24) is 15.8 Å². The maximum atomic E-state index is 12.6. The molecular weight excluding hydrogens is 406 g/mol. The molecule has 2 aromatic heterocycles. The quantitative estimate of drug-likeness (QED) is 0.602. The number of carbonyl (C=O) groups excluding carboxylic acids is 2. The molecule has 0 unspecified atom stereocenters. The van der Waals surface area contributed by atoms with Crippen molar-refractivity contribution in [3.63, 3.8) is 0 Å². The van der Waals surface area contributed by atoms with Crippen LogP contribution < -0.4 is 15.6 Å². The van der Waals surface area contributed by atoms with E-state index in [1.54, 1.807) is 35.6 Å². The van der Waals surface area contributed by atoms with E-state index >= 15 is 0 Å². The third-order valence-corrected chi connectivity index (χ3v) is 6.74. The molecule has 0 atom stereocenters. The predicted octanol–water partition coefficient (Wildman–Crippen LogP) is 4.05. The highest BCUT2D eigenvalue weighted by Gasteiger charge is 2.18. The highest BCUT2D eigenvalue weighted by atomic mass is 32.1. The summed E-state index contributed by atoms with van der Waals surface area (Å²) in [4.78, 5) is 31.3. The molecule has 150 valence electrons. The van der Waals surface area contributed by atoms with Gasteiger partial charge in [-0.1, -0.05) is 12.1 Å². The molecule has 2 amide bonds. The predicted molar refractivity (Wildman–Crippen MR) is 114 cm³/mol. The van der Waals surface area contributed by atoms with Gasteiger partial charge in [-0.05, 0) is 56.4 Å². The number of thiazole rings is 1. The smallest absolute Gasteiger partial charge is 0.279 e. The molecule has 1 aromatic carbocycles. The fourth-order valence-corrected chi connectivity index (χ4v) is 5.00. The van der Waals surface area contributed by atoms with Crippen molar-refractivity contribution >= 4 is 34.5 Å². The lowest BCUT2D eigenvalue weighted by molar-refractivity contribution is 0.0846. The summed E-state index contributed by atoms with van der Waals surface area (Å²) in [5, 5.41) is 2.89. The Morgan fingerprint density at radius 2 is 1.93 bits per heavy atom. The van der Waals surface area contributed by atoms with Crippen LogP contribution in [0.2, 0.25) is 0 Å². The standard InChI is InChI=1S/C21H21N3O3S2/c1-13-22-15(12-28-13)11-27-17-8-4-3-7-16(17)20(25)23-24-21(26)19-10-14-6-2-5-9-18(14)29-19/h3-4,7-8,10,12H,2,5-6,9,11H2,1H3,(H,23,25)(H,24,26). The van der Waals surface area contributed by atoms with Gasteiger partial charge in [-0.15, -0.1) is 22.7 Å². The van der Waals surface area contributed by atoms with Crippen molar-refractivity contribution in [1.29, 1.82) is 0 Å². The molecule has 1 aliphatic rings. The molecule has 0 aliphatic heterocycles. The molecule has 6 nitrogen and oxygen atoms in total. The zero-order chi connectivity index (χ0) is 20.2. The van der Waals surface area contributed by atoms with E-state index in [0.29, 0.717) is 16.2 Å². The second kappa shape index (κ2) is 8.75. The van der Waals surface area contributed by atoms with Gasteiger partial charge in [0.2, 0.25) is 0 Å². The number of rotatable bonds is 5. The van der Waals surface area contributed by atoms with E-state index in [2.05, 4.69) is 15.8 Å². The van der Waals surface area contributed by atoms with Gasteiger partial charge in [0.15, 0.2) is 0 Å². The zero-order valence-electron chi connectivity index (χ0n) is 16.0. The number of nitrogens with zero attached hydrogens (tertiary/aromatic N) is 1. The van der Waals surface area contributed by atoms with Crippen LogP contribution in [0.25, 0.3) is 0 Å². The van der Waals surface area contributed by atoms with Crippen LogP contribution in [0.1, 0.15) is 54.0 Å². The number of aromatic nitrogens is 1. The van der Waals surface area contributed by atoms with Crippen LogP contribution in [0, 0.1) is 6.92 Å². The number of thiophene rings is 1. The summed E-state index contributed by atoms with van der Waals surface area (Å²) < 4.78 is 5.78. The number of ether oxygens (including phenoxy) is 1. The molecule has 0 fully saturated rings. The van der Waals surface area contributed by atoms with E-state index in [4.69, 9.17) is 4.74 Å². The van der Waals surface area contributed by atoms with Crippen molar-refractivity contribution in [2.24, 2.45) is 0 Å². The lowest BCUT2D eigenvalue weighted by Crippen LogP contribution is -2.41. The first-order chi connectivity index (χ1) is 14.1. The molecule has 0 bridgehead atoms. The number of benzene rings is 1. The third-order valence-electron chi connectivity index (χ3n) is 4.68. The van der Waals surface area contributed by atoms with Crippen molar-refractivity contribution in [2.75, 3.05) is 0 Å². The molecule has 0 radical (unpaired) electrons. The molecule has 0 spiro atoms. The number of carbonyl (C=O) groups is 2. The van der Waals surface area contributed by atoms with Crippen LogP contribution in [0.3, 0.4) is 0 Å². The SMILES string of the molecule is Cc1nc(COc2ccccc2C(=O)NNC(=O)c2cc3c(s2)CCCC3)cs1. The van der Waals surface area contributed by atoms with Gasteiger partial charge in [0.1, 0.15) is 12.4 Å². The van der Waals surface area contributed by atoms with Gasteiger partial charge in [0.25, 0.3) is 11.8 Å². The summed E-state index contributed by atoms with van der Waals surface area (Å²) in [5.41, 5.74) is 7.44. The van der Waals surface area contributed by atoms with E-state index < -0.39 is 5.91 Å². The Morgan fingerprint density at radius 1 is 1.14 bits per heavy atom. The highest BCUT2D eigenvalue weighted by molar-refractivity contribution is 7.14. The lowest BCUT2D eigenvalue weighted by atomic mass is 9.99. The maximum absolute atomic E-state index is 12.6. The Balaban J connectivity index is 1.38. The maximum Gasteiger partial charge on any atom is 0.279 e. The van der Waals surface area contributed by atoms with E-state index in [1.165, 1.54) is 34.6 Å². The molecule has 3 aromatic rings. The van der Waals surface area contributed by atoms with Crippen molar-refractivity contribution < 1.29 is 14.3 Å². The minimum absolute atomic E-state index is 0.280. The fraction of sp³-hybridized carbons (Fsp3) is 0.286. The van der Waals surface area contributed by atoms with Crippen molar-refractivity contribution in [3.8, 4) is 5.75 Å². The Hall–Kier alpha value is -2.71. The van der Waals surface area contributed by atoms with E-state index in [9.17, 15) is 9.59 Å². The minimum Gasteiger partial charge on any atom is -0.486 e. The number of hydrazine groups is 1. The normalized spacial score (nSPS) is 12.9. The van der Waals surface area contributed by atoms with Gasteiger partial charge in [0, 0.05) is 10.3 Å². The number of aryl methyl sites for hydroxylation is 3. The van der Waals surface area contributed by atoms with Gasteiger partial charge < -0.3 is 4.74 Å². The molecule has 2 N–H and O–H groups in total. The summed E-state index contributed by atoms with van der Waals surface area (Å²) in [6.07, 6.45) is 4.39. The third kappa shape index (κ3) is 4.65. The monoisotopic (exact) mass is 427 g/mol. The first-order valence-electron chi connectivity index (χ1n) is 9.45. The molecule has 8 heteroatoms. The number of nitrogens with one attached hydrogen (secondary N) is 2. The number of hydrogen-bond donors (Lipinski definition) is 2. The summed E-state index contributed by atoms with van der Waals surface area (Å²) in [7, 11) is 0. The molecule has 29 heavy (non-hydrogen) atoms. The van der Waals surface area contributed by atoms with Crippen molar-refractivity contribution in [2.45, 2.75) is 39.2 Å². The Bertz CT molecular complexity index is 1020. The Kier molecular flexibility index (Phi) is 5.92. The van der Waals surface area contributed by atoms with Crippen LogP contribution in [0.15, 0.2) is 35.7 Å². The van der Waals surface area contributed by atoms with Gasteiger partial charge in [-0.3, -0.25) is 20.4 Å². The second-order valence-electron chi connectivity index (χ2n) is 6.82. The average molecular weight is 428 g/mol. The summed E-state index contributed by atoms with van der Waals surface area (Å²) in [6, 6.07) is 8.88. The fourth-order valence-electron chi connectivity index (χ4n) is 3.25. The first kappa shape index (κ1) is 19.6. The van der Waals surface area contributed by atoms with Crippen LogP contribution in [-0.4, -0.2) is 16.8 Å². The number of para-hydroxylation sites is 1. The molecule has 0 saturated carbocycles. The summed E-state index contributed by atoms with van der Waals surface area (Å²) in [6.45, 7) is 2.21. The minimum atomic E-state index is -0.426. The second-order valence-corrected chi connectivity index (χ2v) is 9.02. The number of fused-ring (bicyclic) bond motifs is 1. The number of amides is 2. The summed E-state index contributed by atoms with van der Waals surface area (Å²) in [5.74, 6) is -0.282. The van der Waals surface area contributed by atoms with Crippen LogP contribution in [0.4, 0.5) is 0 Å². The van der Waals surface area contributed by atoms with Crippen LogP contribution >= 0.6 is 22.7 Å². The average Bonchev–Trinajstić information content (AvgIpc) is 3.36. The van der Waals surface area contributed by atoms with Crippen molar-refractivity contribution in [3.05, 3.63) is 67.3 Å². The van der Waals surface area contributed by atoms with Gasteiger partial charge in [0.05, 0.1) is 21.1 Å². The van der Waals surface area contributed by atoms with E-state index in [1.807, 2.05) is 18.4 Å². The van der Waals surface area contributed by atoms with Gasteiger partial charge >= 0.3 is 0 Å². The molecule has 4 rings (SSSR count). The van der Waals surface area contributed by atoms with Crippen LogP contribution in [0.5, 0.6) is 5.75 Å². The largest absolute Gasteiger partial charge is 0.486 e. The van der Waals surface area contributed by atoms with E-state index in [-0.39, 0.29) is 12.5 Å². The van der Waals surface area contributed by atoms with Gasteiger partial charge in [-0.25, -0.2) is 4.98 Å². The Morgan fingerprint density at radius 3 is 2.72 bits per heavy atom. The summed E-state index contributed by atoms with van der Waals surface area (Å²) >= 11 is 3.06. The lowest BCUT2D eigenvalue weighted by Gasteiger charge is -2.11. The Labute approximate surface area is 176 Å². The van der Waals surface area contributed by atoms with Crippen LogP contribution in [-0.2, 0) is 19.4 Å². The van der Waals surface area contributed by atoms with Gasteiger partial charge in [-0.2, -0.15) is 0 Å². The van der Waals surface area contributed by atoms with E-state index in [0.717, 1.165) is 23.5 Å². The highest BCUT2D eigenvalue weighted by Crippen LogP contribution is 2.29. The molecule has 1 aliphatic carbocycles. The molecule has 2 heterocycles. The number of hydrogen-bond acceptors (Lipinski definition) is 6. The topological polar surface area (TPSA) is 80.3 Å². The molecule has 0 saturated heterocycles.